The largest absolute Gasteiger partial charge is 0.378 e. The maximum absolute atomic E-state index is 12.6. The molecule has 1 aliphatic carbocycles. The van der Waals surface area contributed by atoms with Crippen molar-refractivity contribution >= 4 is 23.6 Å². The topological polar surface area (TPSA) is 96.1 Å². The van der Waals surface area contributed by atoms with Gasteiger partial charge in [0.1, 0.15) is 5.54 Å². The van der Waals surface area contributed by atoms with Gasteiger partial charge in [-0.1, -0.05) is 29.5 Å². The van der Waals surface area contributed by atoms with Gasteiger partial charge in [0.15, 0.2) is 5.16 Å². The van der Waals surface area contributed by atoms with E-state index in [1.54, 1.807) is 0 Å². The highest BCUT2D eigenvalue weighted by Gasteiger charge is 2.35. The second-order valence-electron chi connectivity index (χ2n) is 7.79. The van der Waals surface area contributed by atoms with Crippen molar-refractivity contribution in [2.75, 3.05) is 37.0 Å². The van der Waals surface area contributed by atoms with Crippen LogP contribution in [0.25, 0.3) is 5.69 Å². The van der Waals surface area contributed by atoms with Gasteiger partial charge < -0.3 is 15.0 Å². The molecule has 1 amide bonds. The van der Waals surface area contributed by atoms with Gasteiger partial charge in [-0.25, -0.2) is 0 Å². The number of aryl methyl sites for hydroxylation is 1. The van der Waals surface area contributed by atoms with Crippen LogP contribution < -0.4 is 10.2 Å². The van der Waals surface area contributed by atoms with Crippen molar-refractivity contribution in [2.45, 2.75) is 43.3 Å². The van der Waals surface area contributed by atoms with Crippen molar-refractivity contribution in [1.29, 1.82) is 5.26 Å². The van der Waals surface area contributed by atoms with E-state index < -0.39 is 5.54 Å². The number of carbonyl (C=O) groups excluding carboxylic acids is 1. The van der Waals surface area contributed by atoms with Crippen molar-refractivity contribution in [2.24, 2.45) is 0 Å². The van der Waals surface area contributed by atoms with Gasteiger partial charge in [0.25, 0.3) is 0 Å². The van der Waals surface area contributed by atoms with Crippen LogP contribution in [0.15, 0.2) is 29.4 Å². The number of anilines is 1. The number of nitriles is 1. The number of hydrogen-bond donors (Lipinski definition) is 1. The molecule has 8 nitrogen and oxygen atoms in total. The van der Waals surface area contributed by atoms with E-state index in [-0.39, 0.29) is 11.7 Å². The summed E-state index contributed by atoms with van der Waals surface area (Å²) < 4.78 is 7.47. The molecule has 2 aromatic rings. The molecule has 1 aromatic heterocycles. The fourth-order valence-electron chi connectivity index (χ4n) is 3.92. The number of nitrogens with zero attached hydrogens (tertiary/aromatic N) is 5. The lowest BCUT2D eigenvalue weighted by Crippen LogP contribution is -2.45. The highest BCUT2D eigenvalue weighted by molar-refractivity contribution is 7.99. The second-order valence-corrected chi connectivity index (χ2v) is 8.73. The lowest BCUT2D eigenvalue weighted by atomic mass is 10.0. The molecule has 0 atom stereocenters. The van der Waals surface area contributed by atoms with Gasteiger partial charge in [0, 0.05) is 13.1 Å². The van der Waals surface area contributed by atoms with E-state index in [9.17, 15) is 10.1 Å². The average molecular weight is 427 g/mol. The van der Waals surface area contributed by atoms with Gasteiger partial charge in [-0.15, -0.1) is 10.2 Å². The number of carbonyl (C=O) groups is 1. The molecule has 1 saturated carbocycles. The molecular formula is C21H26N6O2S. The summed E-state index contributed by atoms with van der Waals surface area (Å²) in [5.41, 5.74) is 1.42. The average Bonchev–Trinajstić information content (AvgIpc) is 3.41. The summed E-state index contributed by atoms with van der Waals surface area (Å²) in [6.45, 7) is 4.86. The first-order valence-electron chi connectivity index (χ1n) is 10.3. The molecule has 0 radical (unpaired) electrons. The zero-order valence-electron chi connectivity index (χ0n) is 17.1. The van der Waals surface area contributed by atoms with Gasteiger partial charge in [0.2, 0.25) is 11.9 Å². The van der Waals surface area contributed by atoms with Crippen molar-refractivity contribution < 1.29 is 9.53 Å². The van der Waals surface area contributed by atoms with Gasteiger partial charge in [-0.05, 0) is 44.7 Å². The maximum atomic E-state index is 12.6. The first-order valence-corrected chi connectivity index (χ1v) is 11.3. The molecule has 2 aliphatic rings. The van der Waals surface area contributed by atoms with Gasteiger partial charge in [-0.3, -0.25) is 9.36 Å². The Hall–Kier alpha value is -2.57. The monoisotopic (exact) mass is 426 g/mol. The number of morpholine rings is 1. The molecule has 158 valence electrons. The number of ether oxygens (including phenoxy) is 1. The van der Waals surface area contributed by atoms with Gasteiger partial charge in [-0.2, -0.15) is 5.26 Å². The lowest BCUT2D eigenvalue weighted by molar-refractivity contribution is -0.119. The first-order chi connectivity index (χ1) is 14.6. The van der Waals surface area contributed by atoms with Crippen molar-refractivity contribution in [3.05, 3.63) is 29.8 Å². The fourth-order valence-corrected chi connectivity index (χ4v) is 4.67. The molecule has 2 fully saturated rings. The van der Waals surface area contributed by atoms with E-state index in [4.69, 9.17) is 4.74 Å². The Morgan fingerprint density at radius 1 is 1.23 bits per heavy atom. The molecule has 4 rings (SSSR count). The molecule has 9 heteroatoms. The number of aromatic nitrogens is 3. The quantitative estimate of drug-likeness (QED) is 0.709. The van der Waals surface area contributed by atoms with Crippen molar-refractivity contribution in [3.63, 3.8) is 0 Å². The van der Waals surface area contributed by atoms with Crippen LogP contribution in [0.3, 0.4) is 0 Å². The van der Waals surface area contributed by atoms with E-state index >= 15 is 0 Å². The second kappa shape index (κ2) is 9.06. The summed E-state index contributed by atoms with van der Waals surface area (Å²) in [7, 11) is 0. The van der Waals surface area contributed by atoms with Crippen LogP contribution in [0.4, 0.5) is 5.95 Å². The molecule has 1 aliphatic heterocycles. The van der Waals surface area contributed by atoms with E-state index in [1.807, 2.05) is 23.6 Å². The van der Waals surface area contributed by atoms with Crippen LogP contribution in [0.2, 0.25) is 0 Å². The van der Waals surface area contributed by atoms with Crippen LogP contribution >= 0.6 is 11.8 Å². The molecule has 0 unspecified atom stereocenters. The minimum Gasteiger partial charge on any atom is -0.378 e. The number of rotatable bonds is 6. The molecule has 2 heterocycles. The smallest absolute Gasteiger partial charge is 0.232 e. The van der Waals surface area contributed by atoms with Gasteiger partial charge >= 0.3 is 0 Å². The lowest BCUT2D eigenvalue weighted by Gasteiger charge is -2.28. The number of thioether (sulfide) groups is 1. The number of hydrogen-bond acceptors (Lipinski definition) is 7. The number of nitrogens with one attached hydrogen (secondary N) is 1. The predicted octanol–water partition coefficient (Wildman–Crippen LogP) is 2.46. The predicted molar refractivity (Wildman–Crippen MR) is 115 cm³/mol. The summed E-state index contributed by atoms with van der Waals surface area (Å²) >= 11 is 1.34. The Morgan fingerprint density at radius 3 is 2.60 bits per heavy atom. The molecule has 1 N–H and O–H groups in total. The highest BCUT2D eigenvalue weighted by Crippen LogP contribution is 2.30. The normalized spacial score (nSPS) is 18.2. The Bertz CT molecular complexity index is 924. The molecule has 0 spiro atoms. The first kappa shape index (κ1) is 20.7. The summed E-state index contributed by atoms with van der Waals surface area (Å²) in [4.78, 5) is 14.7. The van der Waals surface area contributed by atoms with Gasteiger partial charge in [0.05, 0.1) is 30.7 Å². The van der Waals surface area contributed by atoms with Crippen molar-refractivity contribution in [3.8, 4) is 11.8 Å². The Balaban J connectivity index is 1.53. The molecule has 1 saturated heterocycles. The molecule has 30 heavy (non-hydrogen) atoms. The van der Waals surface area contributed by atoms with E-state index in [1.165, 1.54) is 17.3 Å². The number of amides is 1. The van der Waals surface area contributed by atoms with Crippen LogP contribution in [0.1, 0.15) is 31.2 Å². The third-order valence-corrected chi connectivity index (χ3v) is 6.51. The standard InChI is InChI=1S/C21H26N6O2S/c1-16-4-6-17(7-5-16)27-19(26-10-12-29-13-11-26)24-25-20(27)30-14-18(28)23-21(15-22)8-2-3-9-21/h4-7H,2-3,8-14H2,1H3,(H,23,28). The minimum atomic E-state index is -0.707. The fraction of sp³-hybridized carbons (Fsp3) is 0.524. The minimum absolute atomic E-state index is 0.144. The summed E-state index contributed by atoms with van der Waals surface area (Å²) in [5.74, 6) is 0.806. The van der Waals surface area contributed by atoms with Crippen molar-refractivity contribution in [1.82, 2.24) is 20.1 Å². The Labute approximate surface area is 180 Å². The zero-order chi connectivity index (χ0) is 21.0. The van der Waals surface area contributed by atoms with E-state index in [2.05, 4.69) is 38.6 Å². The number of benzene rings is 1. The third kappa shape index (κ3) is 4.45. The van der Waals surface area contributed by atoms with Crippen LogP contribution in [0.5, 0.6) is 0 Å². The van der Waals surface area contributed by atoms with Crippen LogP contribution in [-0.4, -0.2) is 58.3 Å². The molecule has 1 aromatic carbocycles. The highest BCUT2D eigenvalue weighted by atomic mass is 32.2. The third-order valence-electron chi connectivity index (χ3n) is 5.58. The Morgan fingerprint density at radius 2 is 1.93 bits per heavy atom. The van der Waals surface area contributed by atoms with Crippen LogP contribution in [-0.2, 0) is 9.53 Å². The summed E-state index contributed by atoms with van der Waals surface area (Å²) in [6, 6.07) is 10.5. The summed E-state index contributed by atoms with van der Waals surface area (Å²) in [6.07, 6.45) is 3.40. The Kier molecular flexibility index (Phi) is 6.25. The molecule has 0 bridgehead atoms. The zero-order valence-corrected chi connectivity index (χ0v) is 18.0. The molecular weight excluding hydrogens is 400 g/mol. The SMILES string of the molecule is Cc1ccc(-n2c(SCC(=O)NC3(C#N)CCCC3)nnc2N2CCOCC2)cc1. The summed E-state index contributed by atoms with van der Waals surface area (Å²) in [5, 5.41) is 21.9. The maximum Gasteiger partial charge on any atom is 0.232 e. The van der Waals surface area contributed by atoms with E-state index in [0.29, 0.717) is 18.4 Å². The van der Waals surface area contributed by atoms with E-state index in [0.717, 1.165) is 50.4 Å². The van der Waals surface area contributed by atoms with Crippen LogP contribution in [0, 0.1) is 18.3 Å².